The molecule has 8 heteroatoms. The molecule has 136 valence electrons. The van der Waals surface area contributed by atoms with Gasteiger partial charge in [0, 0.05) is 12.6 Å². The smallest absolute Gasteiger partial charge is 0.233 e. The fourth-order valence-electron chi connectivity index (χ4n) is 2.40. The van der Waals surface area contributed by atoms with Crippen LogP contribution in [0.2, 0.25) is 0 Å². The molecule has 0 radical (unpaired) electrons. The van der Waals surface area contributed by atoms with Gasteiger partial charge in [0.2, 0.25) is 11.1 Å². The Balaban J connectivity index is 1.61. The highest BCUT2D eigenvalue weighted by atomic mass is 32.2. The number of carbonyl (C=O) groups is 1. The summed E-state index contributed by atoms with van der Waals surface area (Å²) in [6.07, 6.45) is 0. The summed E-state index contributed by atoms with van der Waals surface area (Å²) in [6.45, 7) is 4.32. The maximum atomic E-state index is 12.3. The molecule has 26 heavy (non-hydrogen) atoms. The molecule has 1 amide bonds. The van der Waals surface area contributed by atoms with Crippen LogP contribution in [0.25, 0.3) is 11.4 Å². The highest BCUT2D eigenvalue weighted by molar-refractivity contribution is 7.99. The number of thioether (sulfide) groups is 1. The number of rotatable bonds is 6. The average Bonchev–Trinajstić information content (AvgIpc) is 3.19. The van der Waals surface area contributed by atoms with Crippen molar-refractivity contribution in [2.75, 3.05) is 18.6 Å². The minimum absolute atomic E-state index is 0.0380. The average molecular weight is 371 g/mol. The SMILES string of the molecule is Cc1ccc(-c2nnc(SCC(=O)N(C)Cc3ccc(C)o3)n2N)cc1. The van der Waals surface area contributed by atoms with Crippen LogP contribution in [0.4, 0.5) is 0 Å². The monoisotopic (exact) mass is 371 g/mol. The molecular weight excluding hydrogens is 350 g/mol. The second kappa shape index (κ2) is 7.65. The Kier molecular flexibility index (Phi) is 5.32. The first-order chi connectivity index (χ1) is 12.4. The summed E-state index contributed by atoms with van der Waals surface area (Å²) < 4.78 is 6.91. The molecular formula is C18H21N5O2S. The van der Waals surface area contributed by atoms with Gasteiger partial charge in [-0.25, -0.2) is 4.68 Å². The van der Waals surface area contributed by atoms with E-state index in [4.69, 9.17) is 10.3 Å². The number of amides is 1. The maximum absolute atomic E-state index is 12.3. The first-order valence-electron chi connectivity index (χ1n) is 8.13. The standard InChI is InChI=1S/C18H21N5O2S/c1-12-4-7-14(8-5-12)17-20-21-18(23(17)19)26-11-16(24)22(3)10-15-9-6-13(2)25-15/h4-9H,10-11,19H2,1-3H3. The van der Waals surface area contributed by atoms with Gasteiger partial charge in [-0.1, -0.05) is 41.6 Å². The van der Waals surface area contributed by atoms with E-state index in [1.807, 2.05) is 50.2 Å². The molecule has 0 spiro atoms. The number of aromatic nitrogens is 3. The summed E-state index contributed by atoms with van der Waals surface area (Å²) in [5.41, 5.74) is 2.04. The number of hydrogen-bond donors (Lipinski definition) is 1. The number of furan rings is 1. The van der Waals surface area contributed by atoms with E-state index in [9.17, 15) is 4.79 Å². The molecule has 0 saturated carbocycles. The third-order valence-electron chi connectivity index (χ3n) is 3.91. The molecule has 2 heterocycles. The number of hydrogen-bond acceptors (Lipinski definition) is 6. The van der Waals surface area contributed by atoms with Crippen LogP contribution < -0.4 is 5.84 Å². The molecule has 2 aromatic heterocycles. The molecule has 0 saturated heterocycles. The van der Waals surface area contributed by atoms with Crippen LogP contribution in [0.1, 0.15) is 17.1 Å². The maximum Gasteiger partial charge on any atom is 0.233 e. The molecule has 0 fully saturated rings. The topological polar surface area (TPSA) is 90.2 Å². The molecule has 0 aliphatic heterocycles. The molecule has 3 aromatic rings. The van der Waals surface area contributed by atoms with E-state index in [2.05, 4.69) is 10.2 Å². The van der Waals surface area contributed by atoms with E-state index >= 15 is 0 Å². The summed E-state index contributed by atoms with van der Waals surface area (Å²) >= 11 is 1.26. The Morgan fingerprint density at radius 1 is 1.19 bits per heavy atom. The molecule has 2 N–H and O–H groups in total. The molecule has 1 aromatic carbocycles. The van der Waals surface area contributed by atoms with E-state index < -0.39 is 0 Å². The first-order valence-corrected chi connectivity index (χ1v) is 9.12. The van der Waals surface area contributed by atoms with Gasteiger partial charge in [-0.15, -0.1) is 10.2 Å². The summed E-state index contributed by atoms with van der Waals surface area (Å²) in [4.78, 5) is 13.9. The van der Waals surface area contributed by atoms with Gasteiger partial charge in [-0.3, -0.25) is 4.79 Å². The van der Waals surface area contributed by atoms with Crippen molar-refractivity contribution >= 4 is 17.7 Å². The Bertz CT molecular complexity index is 901. The van der Waals surface area contributed by atoms with E-state index in [1.165, 1.54) is 16.4 Å². The van der Waals surface area contributed by atoms with Crippen molar-refractivity contribution in [3.63, 3.8) is 0 Å². The quantitative estimate of drug-likeness (QED) is 0.529. The molecule has 0 bridgehead atoms. The molecule has 3 rings (SSSR count). The van der Waals surface area contributed by atoms with Gasteiger partial charge in [0.15, 0.2) is 5.82 Å². The van der Waals surface area contributed by atoms with Crippen molar-refractivity contribution in [3.8, 4) is 11.4 Å². The third-order valence-corrected chi connectivity index (χ3v) is 4.84. The fourth-order valence-corrected chi connectivity index (χ4v) is 3.20. The lowest BCUT2D eigenvalue weighted by Gasteiger charge is -2.15. The molecule has 7 nitrogen and oxygen atoms in total. The second-order valence-electron chi connectivity index (χ2n) is 6.09. The van der Waals surface area contributed by atoms with Crippen LogP contribution >= 0.6 is 11.8 Å². The lowest BCUT2D eigenvalue weighted by atomic mass is 10.1. The second-order valence-corrected chi connectivity index (χ2v) is 7.04. The van der Waals surface area contributed by atoms with Gasteiger partial charge < -0.3 is 15.2 Å². The van der Waals surface area contributed by atoms with Crippen molar-refractivity contribution in [2.45, 2.75) is 25.5 Å². The van der Waals surface area contributed by atoms with Gasteiger partial charge in [0.25, 0.3) is 0 Å². The molecule has 0 unspecified atom stereocenters. The molecule has 0 aliphatic carbocycles. The number of nitrogens with zero attached hydrogens (tertiary/aromatic N) is 4. The summed E-state index contributed by atoms with van der Waals surface area (Å²) in [5, 5.41) is 8.73. The lowest BCUT2D eigenvalue weighted by Crippen LogP contribution is -2.27. The zero-order valence-corrected chi connectivity index (χ0v) is 15.8. The van der Waals surface area contributed by atoms with Crippen LogP contribution in [0.5, 0.6) is 0 Å². The Morgan fingerprint density at radius 2 is 1.92 bits per heavy atom. The van der Waals surface area contributed by atoms with Crippen LogP contribution in [-0.2, 0) is 11.3 Å². The zero-order chi connectivity index (χ0) is 18.7. The Labute approximate surface area is 156 Å². The van der Waals surface area contributed by atoms with Crippen LogP contribution in [0.15, 0.2) is 46.0 Å². The Hall–Kier alpha value is -2.74. The predicted octanol–water partition coefficient (Wildman–Crippen LogP) is 2.62. The van der Waals surface area contributed by atoms with Gasteiger partial charge in [-0.2, -0.15) is 0 Å². The number of nitrogens with two attached hydrogens (primary N) is 1. The number of nitrogen functional groups attached to an aromatic ring is 1. The predicted molar refractivity (Wildman–Crippen MR) is 101 cm³/mol. The van der Waals surface area contributed by atoms with Crippen LogP contribution in [-0.4, -0.2) is 38.5 Å². The fraction of sp³-hybridized carbons (Fsp3) is 0.278. The number of carbonyl (C=O) groups excluding carboxylic acids is 1. The van der Waals surface area contributed by atoms with Crippen molar-refractivity contribution in [1.82, 2.24) is 19.8 Å². The van der Waals surface area contributed by atoms with Gasteiger partial charge in [0.05, 0.1) is 12.3 Å². The summed E-state index contributed by atoms with van der Waals surface area (Å²) in [5.74, 6) is 8.43. The third kappa shape index (κ3) is 4.08. The largest absolute Gasteiger partial charge is 0.464 e. The highest BCUT2D eigenvalue weighted by Crippen LogP contribution is 2.22. The summed E-state index contributed by atoms with van der Waals surface area (Å²) in [7, 11) is 1.74. The van der Waals surface area contributed by atoms with Crippen LogP contribution in [0.3, 0.4) is 0 Å². The first kappa shape index (κ1) is 18.1. The number of benzene rings is 1. The Morgan fingerprint density at radius 3 is 2.58 bits per heavy atom. The normalized spacial score (nSPS) is 10.9. The van der Waals surface area contributed by atoms with Gasteiger partial charge in [0.1, 0.15) is 11.5 Å². The lowest BCUT2D eigenvalue weighted by molar-refractivity contribution is -0.127. The van der Waals surface area contributed by atoms with Crippen molar-refractivity contribution in [3.05, 3.63) is 53.5 Å². The van der Waals surface area contributed by atoms with Gasteiger partial charge >= 0.3 is 0 Å². The summed E-state index contributed by atoms with van der Waals surface area (Å²) in [6, 6.07) is 11.6. The highest BCUT2D eigenvalue weighted by Gasteiger charge is 2.16. The molecule has 0 atom stereocenters. The van der Waals surface area contributed by atoms with E-state index in [0.29, 0.717) is 17.5 Å². The van der Waals surface area contributed by atoms with E-state index in [1.54, 1.807) is 11.9 Å². The van der Waals surface area contributed by atoms with Crippen molar-refractivity contribution < 1.29 is 9.21 Å². The molecule has 0 aliphatic rings. The van der Waals surface area contributed by atoms with E-state index in [0.717, 1.165) is 22.6 Å². The zero-order valence-electron chi connectivity index (χ0n) is 15.0. The van der Waals surface area contributed by atoms with E-state index in [-0.39, 0.29) is 11.7 Å². The minimum Gasteiger partial charge on any atom is -0.464 e. The van der Waals surface area contributed by atoms with Crippen LogP contribution in [0, 0.1) is 13.8 Å². The number of aryl methyl sites for hydroxylation is 2. The van der Waals surface area contributed by atoms with Crippen molar-refractivity contribution in [2.24, 2.45) is 0 Å². The minimum atomic E-state index is -0.0380. The van der Waals surface area contributed by atoms with Crippen molar-refractivity contribution in [1.29, 1.82) is 0 Å². The van der Waals surface area contributed by atoms with Gasteiger partial charge in [-0.05, 0) is 26.0 Å².